The van der Waals surface area contributed by atoms with Crippen LogP contribution in [0.5, 0.6) is 0 Å². The Hall–Kier alpha value is -1.29. The molecule has 0 bridgehead atoms. The van der Waals surface area contributed by atoms with Crippen molar-refractivity contribution in [2.45, 2.75) is 30.2 Å². The molecule has 1 atom stereocenters. The zero-order chi connectivity index (χ0) is 16.9. The molecule has 1 aliphatic heterocycles. The average Bonchev–Trinajstić information content (AvgIpc) is 2.50. The molecule has 1 fully saturated rings. The number of rotatable bonds is 6. The second-order valence-corrected chi connectivity index (χ2v) is 7.10. The second-order valence-electron chi connectivity index (χ2n) is 5.33. The molecular formula is C14H20ClF2N3O3S. The average molecular weight is 384 g/mol. The lowest BCUT2D eigenvalue weighted by Gasteiger charge is -2.23. The van der Waals surface area contributed by atoms with Gasteiger partial charge in [0.1, 0.15) is 0 Å². The van der Waals surface area contributed by atoms with Crippen LogP contribution >= 0.6 is 12.4 Å². The summed E-state index contributed by atoms with van der Waals surface area (Å²) in [5.41, 5.74) is 0. The third-order valence-electron chi connectivity index (χ3n) is 3.51. The summed E-state index contributed by atoms with van der Waals surface area (Å²) in [4.78, 5) is 11.4. The third kappa shape index (κ3) is 5.97. The van der Waals surface area contributed by atoms with E-state index in [4.69, 9.17) is 0 Å². The Balaban J connectivity index is 0.00000288. The first-order valence-corrected chi connectivity index (χ1v) is 8.81. The van der Waals surface area contributed by atoms with Crippen molar-refractivity contribution in [3.63, 3.8) is 0 Å². The van der Waals surface area contributed by atoms with Crippen molar-refractivity contribution < 1.29 is 22.0 Å². The van der Waals surface area contributed by atoms with Crippen LogP contribution in [-0.2, 0) is 14.8 Å². The van der Waals surface area contributed by atoms with Crippen LogP contribution in [0, 0.1) is 11.6 Å². The van der Waals surface area contributed by atoms with Crippen LogP contribution in [0.3, 0.4) is 0 Å². The second kappa shape index (κ2) is 9.26. The molecule has 136 valence electrons. The van der Waals surface area contributed by atoms with Crippen molar-refractivity contribution in [1.29, 1.82) is 0 Å². The molecule has 0 aromatic heterocycles. The van der Waals surface area contributed by atoms with Gasteiger partial charge < -0.3 is 10.6 Å². The number of sulfonamides is 1. The lowest BCUT2D eigenvalue weighted by molar-refractivity contribution is -0.121. The van der Waals surface area contributed by atoms with Gasteiger partial charge >= 0.3 is 0 Å². The van der Waals surface area contributed by atoms with Crippen molar-refractivity contribution in [2.24, 2.45) is 0 Å². The smallest absolute Gasteiger partial charge is 0.240 e. The molecule has 0 aliphatic carbocycles. The highest BCUT2D eigenvalue weighted by atomic mass is 35.5. The first kappa shape index (κ1) is 20.8. The van der Waals surface area contributed by atoms with Gasteiger partial charge in [-0.1, -0.05) is 0 Å². The molecular weight excluding hydrogens is 364 g/mol. The van der Waals surface area contributed by atoms with Crippen molar-refractivity contribution in [3.05, 3.63) is 29.8 Å². The summed E-state index contributed by atoms with van der Waals surface area (Å²) in [6.07, 6.45) is 1.84. The van der Waals surface area contributed by atoms with Gasteiger partial charge in [0, 0.05) is 25.6 Å². The van der Waals surface area contributed by atoms with Gasteiger partial charge in [0.2, 0.25) is 15.9 Å². The number of piperidine rings is 1. The summed E-state index contributed by atoms with van der Waals surface area (Å²) < 4.78 is 51.9. The fourth-order valence-corrected chi connectivity index (χ4v) is 3.34. The van der Waals surface area contributed by atoms with E-state index in [-0.39, 0.29) is 42.2 Å². The molecule has 0 saturated carbocycles. The van der Waals surface area contributed by atoms with Gasteiger partial charge in [0.25, 0.3) is 0 Å². The highest BCUT2D eigenvalue weighted by Crippen LogP contribution is 2.13. The molecule has 0 unspecified atom stereocenters. The van der Waals surface area contributed by atoms with E-state index in [2.05, 4.69) is 15.4 Å². The lowest BCUT2D eigenvalue weighted by Crippen LogP contribution is -2.46. The van der Waals surface area contributed by atoms with Gasteiger partial charge in [-0.3, -0.25) is 4.79 Å². The van der Waals surface area contributed by atoms with Crippen LogP contribution in [0.1, 0.15) is 19.3 Å². The lowest BCUT2D eigenvalue weighted by atomic mass is 10.1. The van der Waals surface area contributed by atoms with E-state index in [1.807, 2.05) is 0 Å². The summed E-state index contributed by atoms with van der Waals surface area (Å²) in [7, 11) is -3.98. The SMILES string of the molecule is Cl.O=C(CCNS(=O)(=O)c1ccc(F)c(F)c1)N[C@H]1CCCNC1. The van der Waals surface area contributed by atoms with E-state index in [1.165, 1.54) is 0 Å². The topological polar surface area (TPSA) is 87.3 Å². The van der Waals surface area contributed by atoms with Gasteiger partial charge in [0.15, 0.2) is 11.6 Å². The molecule has 24 heavy (non-hydrogen) atoms. The molecule has 1 heterocycles. The fraction of sp³-hybridized carbons (Fsp3) is 0.500. The number of hydrogen-bond acceptors (Lipinski definition) is 4. The minimum atomic E-state index is -3.98. The number of nitrogens with one attached hydrogen (secondary N) is 3. The quantitative estimate of drug-likeness (QED) is 0.681. The normalized spacial score (nSPS) is 17.8. The van der Waals surface area contributed by atoms with Crippen LogP contribution in [0.4, 0.5) is 8.78 Å². The standard InChI is InChI=1S/C14H19F2N3O3S.ClH/c15-12-4-3-11(8-13(12)16)23(21,22)18-7-5-14(20)19-10-2-1-6-17-9-10;/h3-4,8,10,17-18H,1-2,5-7,9H2,(H,19,20);1H/t10-;/m0./s1. The van der Waals surface area contributed by atoms with Crippen molar-refractivity contribution >= 4 is 28.3 Å². The Morgan fingerprint density at radius 1 is 1.29 bits per heavy atom. The van der Waals surface area contributed by atoms with Gasteiger partial charge in [-0.2, -0.15) is 0 Å². The maximum Gasteiger partial charge on any atom is 0.240 e. The number of carbonyl (C=O) groups is 1. The highest BCUT2D eigenvalue weighted by Gasteiger charge is 2.18. The van der Waals surface area contributed by atoms with E-state index < -0.39 is 21.7 Å². The Kier molecular flexibility index (Phi) is 8.01. The fourth-order valence-electron chi connectivity index (χ4n) is 2.30. The van der Waals surface area contributed by atoms with E-state index >= 15 is 0 Å². The number of benzene rings is 1. The minimum Gasteiger partial charge on any atom is -0.352 e. The molecule has 10 heteroatoms. The Morgan fingerprint density at radius 3 is 2.67 bits per heavy atom. The Morgan fingerprint density at radius 2 is 2.04 bits per heavy atom. The Bertz CT molecular complexity index is 667. The minimum absolute atomic E-state index is 0. The zero-order valence-electron chi connectivity index (χ0n) is 12.8. The number of carbonyl (C=O) groups excluding carboxylic acids is 1. The molecule has 1 amide bonds. The predicted molar refractivity (Wildman–Crippen MR) is 87.4 cm³/mol. The monoisotopic (exact) mass is 383 g/mol. The maximum atomic E-state index is 13.1. The molecule has 1 aromatic carbocycles. The molecule has 0 spiro atoms. The zero-order valence-corrected chi connectivity index (χ0v) is 14.5. The maximum absolute atomic E-state index is 13.1. The molecule has 6 nitrogen and oxygen atoms in total. The first-order valence-electron chi connectivity index (χ1n) is 7.33. The van der Waals surface area contributed by atoms with Crippen molar-refractivity contribution in [2.75, 3.05) is 19.6 Å². The summed E-state index contributed by atoms with van der Waals surface area (Å²) >= 11 is 0. The van der Waals surface area contributed by atoms with Crippen molar-refractivity contribution in [3.8, 4) is 0 Å². The van der Waals surface area contributed by atoms with Gasteiger partial charge in [-0.15, -0.1) is 12.4 Å². The van der Waals surface area contributed by atoms with E-state index in [0.717, 1.165) is 31.5 Å². The van der Waals surface area contributed by atoms with Crippen LogP contribution in [-0.4, -0.2) is 40.0 Å². The van der Waals surface area contributed by atoms with E-state index in [0.29, 0.717) is 12.6 Å². The molecule has 3 N–H and O–H groups in total. The molecule has 1 aromatic rings. The largest absolute Gasteiger partial charge is 0.352 e. The van der Waals surface area contributed by atoms with Crippen LogP contribution in [0.15, 0.2) is 23.1 Å². The van der Waals surface area contributed by atoms with Crippen molar-refractivity contribution in [1.82, 2.24) is 15.4 Å². The van der Waals surface area contributed by atoms with Gasteiger partial charge in [-0.05, 0) is 37.6 Å². The molecule has 1 saturated heterocycles. The number of hydrogen-bond donors (Lipinski definition) is 3. The van der Waals surface area contributed by atoms with Gasteiger partial charge in [0.05, 0.1) is 4.90 Å². The van der Waals surface area contributed by atoms with Crippen LogP contribution in [0.2, 0.25) is 0 Å². The summed E-state index contributed by atoms with van der Waals surface area (Å²) in [6, 6.07) is 2.37. The third-order valence-corrected chi connectivity index (χ3v) is 4.97. The predicted octanol–water partition coefficient (Wildman–Crippen LogP) is 0.923. The first-order chi connectivity index (χ1) is 10.9. The van der Waals surface area contributed by atoms with Crippen LogP contribution in [0.25, 0.3) is 0 Å². The van der Waals surface area contributed by atoms with E-state index in [9.17, 15) is 22.0 Å². The summed E-state index contributed by atoms with van der Waals surface area (Å²) in [5.74, 6) is -2.62. The number of amides is 1. The van der Waals surface area contributed by atoms with E-state index in [1.54, 1.807) is 0 Å². The van der Waals surface area contributed by atoms with Crippen LogP contribution < -0.4 is 15.4 Å². The summed E-state index contributed by atoms with van der Waals surface area (Å²) in [6.45, 7) is 1.51. The molecule has 0 radical (unpaired) electrons. The van der Waals surface area contributed by atoms with Gasteiger partial charge in [-0.25, -0.2) is 21.9 Å². The Labute approximate surface area is 145 Å². The summed E-state index contributed by atoms with van der Waals surface area (Å²) in [5, 5.41) is 5.98. The molecule has 2 rings (SSSR count). The number of halogens is 3. The highest BCUT2D eigenvalue weighted by molar-refractivity contribution is 7.89. The molecule has 1 aliphatic rings.